The van der Waals surface area contributed by atoms with Crippen LogP contribution in [0, 0.1) is 5.92 Å². The Morgan fingerprint density at radius 1 is 1.21 bits per heavy atom. The van der Waals surface area contributed by atoms with E-state index in [1.165, 1.54) is 0 Å². The number of carbonyl (C=O) groups excluding carboxylic acids is 1. The summed E-state index contributed by atoms with van der Waals surface area (Å²) in [5, 5.41) is 3.04. The zero-order valence-electron chi connectivity index (χ0n) is 16.0. The van der Waals surface area contributed by atoms with Crippen molar-refractivity contribution in [1.29, 1.82) is 0 Å². The second-order valence-electron chi connectivity index (χ2n) is 7.24. The maximum absolute atomic E-state index is 12.6. The molecule has 6 heteroatoms. The van der Waals surface area contributed by atoms with Crippen LogP contribution in [0.3, 0.4) is 0 Å². The van der Waals surface area contributed by atoms with Crippen molar-refractivity contribution < 1.29 is 9.53 Å². The summed E-state index contributed by atoms with van der Waals surface area (Å²) < 4.78 is 5.62. The van der Waals surface area contributed by atoms with Gasteiger partial charge in [0.25, 0.3) is 5.91 Å². The Bertz CT molecular complexity index is 975. The van der Waals surface area contributed by atoms with E-state index in [2.05, 4.69) is 27.2 Å². The number of benzene rings is 2. The molecule has 0 aliphatic carbocycles. The summed E-state index contributed by atoms with van der Waals surface area (Å²) in [4.78, 5) is 24.0. The molecule has 3 aromatic rings. The van der Waals surface area contributed by atoms with Gasteiger partial charge in [0, 0.05) is 36.7 Å². The van der Waals surface area contributed by atoms with Gasteiger partial charge in [-0.2, -0.15) is 0 Å². The number of carbonyl (C=O) groups is 1. The Morgan fingerprint density at radius 3 is 2.96 bits per heavy atom. The number of para-hydroxylation sites is 2. The van der Waals surface area contributed by atoms with Crippen molar-refractivity contribution in [3.63, 3.8) is 0 Å². The van der Waals surface area contributed by atoms with Crippen LogP contribution in [0.2, 0.25) is 0 Å². The number of rotatable bonds is 4. The molecule has 28 heavy (non-hydrogen) atoms. The van der Waals surface area contributed by atoms with Gasteiger partial charge in [-0.05, 0) is 31.3 Å². The number of nitrogens with one attached hydrogen (secondary N) is 1. The first-order chi connectivity index (χ1) is 13.7. The number of hydrogen-bond donors (Lipinski definition) is 1. The van der Waals surface area contributed by atoms with Crippen molar-refractivity contribution >= 4 is 16.9 Å². The lowest BCUT2D eigenvalue weighted by Crippen LogP contribution is -2.35. The van der Waals surface area contributed by atoms with Crippen molar-refractivity contribution in [3.8, 4) is 11.3 Å². The Morgan fingerprint density at radius 2 is 2.07 bits per heavy atom. The van der Waals surface area contributed by atoms with Gasteiger partial charge in [-0.25, -0.2) is 4.98 Å². The van der Waals surface area contributed by atoms with Gasteiger partial charge < -0.3 is 15.0 Å². The number of hydrogen-bond acceptors (Lipinski definition) is 5. The second kappa shape index (κ2) is 8.46. The largest absolute Gasteiger partial charge is 0.380 e. The van der Waals surface area contributed by atoms with Gasteiger partial charge in [0.1, 0.15) is 0 Å². The molecule has 1 aliphatic heterocycles. The van der Waals surface area contributed by atoms with E-state index in [1.54, 1.807) is 6.20 Å². The van der Waals surface area contributed by atoms with Crippen LogP contribution in [0.1, 0.15) is 10.4 Å². The van der Waals surface area contributed by atoms with Gasteiger partial charge in [-0.1, -0.05) is 24.3 Å². The molecule has 2 heterocycles. The predicted octanol–water partition coefficient (Wildman–Crippen LogP) is 2.60. The highest BCUT2D eigenvalue weighted by Gasteiger charge is 2.17. The molecule has 4 rings (SSSR count). The molecule has 2 aromatic carbocycles. The lowest BCUT2D eigenvalue weighted by molar-refractivity contribution is 0.0921. The minimum absolute atomic E-state index is 0.0810. The van der Waals surface area contributed by atoms with Crippen LogP contribution < -0.4 is 5.32 Å². The summed E-state index contributed by atoms with van der Waals surface area (Å²) in [7, 11) is 2.08. The fourth-order valence-corrected chi connectivity index (χ4v) is 3.43. The monoisotopic (exact) mass is 376 g/mol. The zero-order chi connectivity index (χ0) is 19.3. The smallest absolute Gasteiger partial charge is 0.251 e. The Balaban J connectivity index is 1.47. The normalized spacial score (nSPS) is 18.0. The van der Waals surface area contributed by atoms with E-state index >= 15 is 0 Å². The molecule has 1 aliphatic rings. The third-order valence-corrected chi connectivity index (χ3v) is 4.96. The third-order valence-electron chi connectivity index (χ3n) is 4.96. The highest BCUT2D eigenvalue weighted by atomic mass is 16.5. The van der Waals surface area contributed by atoms with Crippen molar-refractivity contribution in [3.05, 3.63) is 60.3 Å². The molecule has 1 amide bonds. The molecule has 1 aromatic heterocycles. The van der Waals surface area contributed by atoms with Crippen molar-refractivity contribution in [2.45, 2.75) is 0 Å². The molecule has 1 N–H and O–H groups in total. The maximum atomic E-state index is 12.6. The lowest BCUT2D eigenvalue weighted by atomic mass is 10.1. The highest BCUT2D eigenvalue weighted by Crippen LogP contribution is 2.20. The van der Waals surface area contributed by atoms with Gasteiger partial charge in [0.2, 0.25) is 0 Å². The lowest BCUT2D eigenvalue weighted by Gasteiger charge is -2.19. The van der Waals surface area contributed by atoms with E-state index in [1.807, 2.05) is 48.5 Å². The fraction of sp³-hybridized carbons (Fsp3) is 0.318. The third kappa shape index (κ3) is 4.35. The summed E-state index contributed by atoms with van der Waals surface area (Å²) in [6, 6.07) is 15.3. The minimum atomic E-state index is -0.0810. The highest BCUT2D eigenvalue weighted by molar-refractivity contribution is 5.95. The Hall–Kier alpha value is -2.83. The number of likely N-dealkylation sites (N-methyl/N-ethyl adjacent to an activating group) is 1. The standard InChI is InChI=1S/C22H24N4O2/c1-26-9-10-28-15-16(14-26)12-24-22(27)18-6-4-5-17(11-18)21-13-23-19-7-2-3-8-20(19)25-21/h2-8,11,13,16H,9-10,12,14-15H2,1H3,(H,24,27)/t16-/m0/s1. The van der Waals surface area contributed by atoms with Crippen molar-refractivity contribution in [1.82, 2.24) is 20.2 Å². The van der Waals surface area contributed by atoms with Gasteiger partial charge >= 0.3 is 0 Å². The number of ether oxygens (including phenoxy) is 1. The van der Waals surface area contributed by atoms with Crippen molar-refractivity contribution in [2.75, 3.05) is 39.9 Å². The first-order valence-electron chi connectivity index (χ1n) is 9.56. The van der Waals surface area contributed by atoms with E-state index in [-0.39, 0.29) is 5.91 Å². The van der Waals surface area contributed by atoms with Gasteiger partial charge in [0.15, 0.2) is 0 Å². The van der Waals surface area contributed by atoms with E-state index in [9.17, 15) is 4.79 Å². The van der Waals surface area contributed by atoms with Crippen LogP contribution in [-0.4, -0.2) is 60.7 Å². The van der Waals surface area contributed by atoms with E-state index < -0.39 is 0 Å². The molecule has 1 fully saturated rings. The number of fused-ring (bicyclic) bond motifs is 1. The summed E-state index contributed by atoms with van der Waals surface area (Å²) >= 11 is 0. The van der Waals surface area contributed by atoms with Crippen LogP contribution in [0.15, 0.2) is 54.7 Å². The molecule has 0 spiro atoms. The van der Waals surface area contributed by atoms with E-state index in [0.29, 0.717) is 24.6 Å². The van der Waals surface area contributed by atoms with E-state index in [4.69, 9.17) is 4.74 Å². The van der Waals surface area contributed by atoms with E-state index in [0.717, 1.165) is 42.0 Å². The predicted molar refractivity (Wildman–Crippen MR) is 109 cm³/mol. The molecule has 0 radical (unpaired) electrons. The van der Waals surface area contributed by atoms with Crippen molar-refractivity contribution in [2.24, 2.45) is 5.92 Å². The quantitative estimate of drug-likeness (QED) is 0.758. The Labute approximate surface area is 164 Å². The molecule has 0 bridgehead atoms. The van der Waals surface area contributed by atoms with Gasteiger partial charge in [-0.15, -0.1) is 0 Å². The number of aromatic nitrogens is 2. The zero-order valence-corrected chi connectivity index (χ0v) is 16.0. The van der Waals surface area contributed by atoms with Gasteiger partial charge in [0.05, 0.1) is 36.1 Å². The van der Waals surface area contributed by atoms with Gasteiger partial charge in [-0.3, -0.25) is 9.78 Å². The molecule has 144 valence electrons. The van der Waals surface area contributed by atoms with Crippen LogP contribution in [0.25, 0.3) is 22.3 Å². The topological polar surface area (TPSA) is 67.3 Å². The first-order valence-corrected chi connectivity index (χ1v) is 9.56. The maximum Gasteiger partial charge on any atom is 0.251 e. The second-order valence-corrected chi connectivity index (χ2v) is 7.24. The SMILES string of the molecule is CN1CCOC[C@@H](CNC(=O)c2cccc(-c3cnc4ccccc4n3)c2)C1. The fourth-order valence-electron chi connectivity index (χ4n) is 3.43. The molecule has 0 saturated carbocycles. The molecular weight excluding hydrogens is 352 g/mol. The molecule has 1 atom stereocenters. The molecule has 0 unspecified atom stereocenters. The van der Waals surface area contributed by atoms with Crippen LogP contribution in [-0.2, 0) is 4.74 Å². The summed E-state index contributed by atoms with van der Waals surface area (Å²) in [6.45, 7) is 3.88. The first kappa shape index (κ1) is 18.5. The average Bonchev–Trinajstić information content (AvgIpc) is 2.95. The minimum Gasteiger partial charge on any atom is -0.380 e. The number of amides is 1. The molecule has 1 saturated heterocycles. The summed E-state index contributed by atoms with van der Waals surface area (Å²) in [6.07, 6.45) is 1.75. The Kier molecular flexibility index (Phi) is 5.60. The van der Waals surface area contributed by atoms with Crippen LogP contribution >= 0.6 is 0 Å². The van der Waals surface area contributed by atoms with Crippen LogP contribution in [0.4, 0.5) is 0 Å². The number of nitrogens with zero attached hydrogens (tertiary/aromatic N) is 3. The molecule has 6 nitrogen and oxygen atoms in total. The molecular formula is C22H24N4O2. The average molecular weight is 376 g/mol. The summed E-state index contributed by atoms with van der Waals surface area (Å²) in [5.74, 6) is 0.216. The summed E-state index contributed by atoms with van der Waals surface area (Å²) in [5.41, 5.74) is 3.95. The van der Waals surface area contributed by atoms with Crippen LogP contribution in [0.5, 0.6) is 0 Å².